The summed E-state index contributed by atoms with van der Waals surface area (Å²) in [7, 11) is 1.58. The maximum absolute atomic E-state index is 12.6. The van der Waals surface area contributed by atoms with Crippen molar-refractivity contribution < 1.29 is 19.2 Å². The minimum Gasteiger partial charge on any atom is -0.495 e. The molecule has 0 aromatic heterocycles. The van der Waals surface area contributed by atoms with Crippen LogP contribution in [0.1, 0.15) is 39.0 Å². The van der Waals surface area contributed by atoms with E-state index < -0.39 is 0 Å². The zero-order valence-corrected chi connectivity index (χ0v) is 16.1. The summed E-state index contributed by atoms with van der Waals surface area (Å²) in [6, 6.07) is 7.34. The predicted octanol–water partition coefficient (Wildman–Crippen LogP) is 1.33. The lowest BCUT2D eigenvalue weighted by Crippen LogP contribution is -3.14. The highest BCUT2D eigenvalue weighted by molar-refractivity contribution is 5.93. The summed E-state index contributed by atoms with van der Waals surface area (Å²) in [6.07, 6.45) is 5.85. The molecule has 2 rings (SSSR count). The summed E-state index contributed by atoms with van der Waals surface area (Å²) in [5.74, 6) is 0.691. The molecule has 0 bridgehead atoms. The highest BCUT2D eigenvalue weighted by Gasteiger charge is 2.22. The highest BCUT2D eigenvalue weighted by atomic mass is 16.5. The number of amides is 2. The molecule has 1 heterocycles. The topological polar surface area (TPSA) is 63.1 Å². The van der Waals surface area contributed by atoms with Gasteiger partial charge >= 0.3 is 0 Å². The van der Waals surface area contributed by atoms with Gasteiger partial charge in [-0.2, -0.15) is 0 Å². The van der Waals surface area contributed by atoms with Gasteiger partial charge in [0.1, 0.15) is 5.75 Å². The fourth-order valence-electron chi connectivity index (χ4n) is 3.30. The van der Waals surface area contributed by atoms with Crippen LogP contribution in [-0.4, -0.2) is 56.5 Å². The monoisotopic (exact) mass is 362 g/mol. The van der Waals surface area contributed by atoms with E-state index in [1.807, 2.05) is 36.1 Å². The molecule has 1 aliphatic heterocycles. The molecule has 0 aliphatic carbocycles. The van der Waals surface area contributed by atoms with E-state index in [4.69, 9.17) is 4.74 Å². The van der Waals surface area contributed by atoms with E-state index in [0.29, 0.717) is 18.0 Å². The van der Waals surface area contributed by atoms with Gasteiger partial charge in [0.25, 0.3) is 11.8 Å². The van der Waals surface area contributed by atoms with E-state index in [1.165, 1.54) is 19.3 Å². The molecular weight excluding hydrogens is 330 g/mol. The second kappa shape index (κ2) is 10.8. The first-order chi connectivity index (χ1) is 12.6. The van der Waals surface area contributed by atoms with Crippen molar-refractivity contribution in [2.24, 2.45) is 0 Å². The Morgan fingerprint density at radius 1 is 1.08 bits per heavy atom. The number of benzene rings is 1. The molecular formula is C20H32N3O3+. The van der Waals surface area contributed by atoms with E-state index in [0.717, 1.165) is 37.4 Å². The number of likely N-dealkylation sites (tertiary alicyclic amines) is 1. The maximum atomic E-state index is 12.6. The Balaban J connectivity index is 1.87. The van der Waals surface area contributed by atoms with Crippen LogP contribution in [0.2, 0.25) is 0 Å². The smallest absolute Gasteiger partial charge is 0.279 e. The third kappa shape index (κ3) is 6.33. The molecule has 26 heavy (non-hydrogen) atoms. The number of anilines is 1. The number of nitrogens with zero attached hydrogens (tertiary/aromatic N) is 1. The van der Waals surface area contributed by atoms with Gasteiger partial charge in [0, 0.05) is 13.1 Å². The zero-order valence-electron chi connectivity index (χ0n) is 16.1. The van der Waals surface area contributed by atoms with Gasteiger partial charge in [-0.25, -0.2) is 0 Å². The number of rotatable bonds is 7. The second-order valence-electron chi connectivity index (χ2n) is 6.85. The van der Waals surface area contributed by atoms with Gasteiger partial charge in [-0.05, 0) is 31.9 Å². The summed E-state index contributed by atoms with van der Waals surface area (Å²) < 4.78 is 5.26. The molecule has 1 atom stereocenters. The Bertz CT molecular complexity index is 583. The Kier molecular flexibility index (Phi) is 8.41. The fourth-order valence-corrected chi connectivity index (χ4v) is 3.30. The molecule has 2 amide bonds. The van der Waals surface area contributed by atoms with Crippen molar-refractivity contribution >= 4 is 17.5 Å². The van der Waals surface area contributed by atoms with Crippen LogP contribution >= 0.6 is 0 Å². The van der Waals surface area contributed by atoms with Gasteiger partial charge in [0.2, 0.25) is 0 Å². The minimum absolute atomic E-state index is 0.105. The Labute approximate surface area is 156 Å². The van der Waals surface area contributed by atoms with Crippen molar-refractivity contribution in [3.63, 3.8) is 0 Å². The summed E-state index contributed by atoms with van der Waals surface area (Å²) in [4.78, 5) is 28.0. The van der Waals surface area contributed by atoms with E-state index in [1.54, 1.807) is 7.11 Å². The SMILES string of the molecule is CC[NH+](CC(=O)Nc1ccccc1OC)CC(=O)N1CCCCCCC1. The molecule has 1 unspecified atom stereocenters. The van der Waals surface area contributed by atoms with Crippen LogP contribution in [0.5, 0.6) is 5.75 Å². The number of ether oxygens (including phenoxy) is 1. The van der Waals surface area contributed by atoms with Crippen molar-refractivity contribution in [1.82, 2.24) is 4.90 Å². The minimum atomic E-state index is -0.105. The lowest BCUT2D eigenvalue weighted by atomic mass is 10.1. The second-order valence-corrected chi connectivity index (χ2v) is 6.85. The number of nitrogens with one attached hydrogen (secondary N) is 2. The molecule has 144 valence electrons. The Morgan fingerprint density at radius 2 is 1.73 bits per heavy atom. The van der Waals surface area contributed by atoms with E-state index >= 15 is 0 Å². The van der Waals surface area contributed by atoms with Gasteiger partial charge in [0.05, 0.1) is 19.3 Å². The van der Waals surface area contributed by atoms with E-state index in [-0.39, 0.29) is 18.4 Å². The number of likely N-dealkylation sites (N-methyl/N-ethyl adjacent to an activating group) is 1. The van der Waals surface area contributed by atoms with Gasteiger partial charge < -0.3 is 19.9 Å². The summed E-state index contributed by atoms with van der Waals surface area (Å²) in [5.41, 5.74) is 0.658. The number of carbonyl (C=O) groups is 2. The average molecular weight is 362 g/mol. The molecule has 1 aliphatic rings. The van der Waals surface area contributed by atoms with Crippen molar-refractivity contribution in [2.45, 2.75) is 39.0 Å². The zero-order chi connectivity index (χ0) is 18.8. The predicted molar refractivity (Wildman–Crippen MR) is 103 cm³/mol. The third-order valence-corrected chi connectivity index (χ3v) is 4.90. The molecule has 2 N–H and O–H groups in total. The van der Waals surface area contributed by atoms with Crippen LogP contribution in [0, 0.1) is 0 Å². The lowest BCUT2D eigenvalue weighted by molar-refractivity contribution is -0.882. The molecule has 6 nitrogen and oxygen atoms in total. The van der Waals surface area contributed by atoms with Gasteiger partial charge in [0.15, 0.2) is 13.1 Å². The standard InChI is InChI=1S/C20H31N3O3/c1-3-22(16-20(25)23-13-9-5-4-6-10-14-23)15-19(24)21-17-11-7-8-12-18(17)26-2/h7-8,11-12H,3-6,9-10,13-16H2,1-2H3,(H,21,24)/p+1. The summed E-state index contributed by atoms with van der Waals surface area (Å²) >= 11 is 0. The number of methoxy groups -OCH3 is 1. The number of hydrogen-bond donors (Lipinski definition) is 2. The molecule has 1 fully saturated rings. The average Bonchev–Trinajstić information content (AvgIpc) is 2.61. The van der Waals surface area contributed by atoms with E-state index in [2.05, 4.69) is 5.32 Å². The summed E-state index contributed by atoms with van der Waals surface area (Å²) in [5, 5.41) is 2.89. The molecule has 6 heteroatoms. The first-order valence-electron chi connectivity index (χ1n) is 9.68. The molecule has 1 aromatic carbocycles. The Morgan fingerprint density at radius 3 is 2.38 bits per heavy atom. The van der Waals surface area contributed by atoms with Gasteiger partial charge in [-0.1, -0.05) is 31.4 Å². The molecule has 1 saturated heterocycles. The normalized spacial score (nSPS) is 16.3. The Hall–Kier alpha value is -2.08. The van der Waals surface area contributed by atoms with Crippen molar-refractivity contribution in [3.8, 4) is 5.75 Å². The molecule has 0 spiro atoms. The van der Waals surface area contributed by atoms with Crippen molar-refractivity contribution in [1.29, 1.82) is 0 Å². The van der Waals surface area contributed by atoms with Crippen LogP contribution in [0.25, 0.3) is 0 Å². The van der Waals surface area contributed by atoms with Crippen LogP contribution in [0.4, 0.5) is 5.69 Å². The summed E-state index contributed by atoms with van der Waals surface area (Å²) in [6.45, 7) is 5.09. The lowest BCUT2D eigenvalue weighted by Gasteiger charge is -2.26. The van der Waals surface area contributed by atoms with Crippen LogP contribution in [0.3, 0.4) is 0 Å². The van der Waals surface area contributed by atoms with Gasteiger partial charge in [-0.3, -0.25) is 9.59 Å². The largest absolute Gasteiger partial charge is 0.495 e. The molecule has 0 saturated carbocycles. The maximum Gasteiger partial charge on any atom is 0.279 e. The number of quaternary nitrogens is 1. The molecule has 0 radical (unpaired) electrons. The number of hydrogen-bond acceptors (Lipinski definition) is 3. The quantitative estimate of drug-likeness (QED) is 0.769. The molecule has 1 aromatic rings. The van der Waals surface area contributed by atoms with Crippen molar-refractivity contribution in [2.75, 3.05) is 45.2 Å². The first-order valence-corrected chi connectivity index (χ1v) is 9.68. The van der Waals surface area contributed by atoms with Crippen LogP contribution < -0.4 is 15.0 Å². The van der Waals surface area contributed by atoms with E-state index in [9.17, 15) is 9.59 Å². The first kappa shape index (κ1) is 20.2. The number of para-hydroxylation sites is 2. The highest BCUT2D eigenvalue weighted by Crippen LogP contribution is 2.22. The fraction of sp³-hybridized carbons (Fsp3) is 0.600. The van der Waals surface area contributed by atoms with Crippen LogP contribution in [0.15, 0.2) is 24.3 Å². The number of carbonyl (C=O) groups excluding carboxylic acids is 2. The third-order valence-electron chi connectivity index (χ3n) is 4.90. The van der Waals surface area contributed by atoms with Crippen molar-refractivity contribution in [3.05, 3.63) is 24.3 Å². The van der Waals surface area contributed by atoms with Gasteiger partial charge in [-0.15, -0.1) is 0 Å². The van der Waals surface area contributed by atoms with Crippen LogP contribution in [-0.2, 0) is 9.59 Å².